The van der Waals surface area contributed by atoms with Crippen molar-refractivity contribution < 1.29 is 0 Å². The summed E-state index contributed by atoms with van der Waals surface area (Å²) in [6, 6.07) is 19.2. The highest BCUT2D eigenvalue weighted by Gasteiger charge is 2.23. The fourth-order valence-electron chi connectivity index (χ4n) is 3.39. The molecule has 0 atom stereocenters. The van der Waals surface area contributed by atoms with Gasteiger partial charge >= 0.3 is 0 Å². The average molecular weight is 303 g/mol. The standard InChI is InChI=1S/C20H21N3/c1-15-7-5-6-10-17(15)20-18-14-23(12-11-19(18)21-22-20)13-16-8-3-2-4-9-16/h2-10H,11-14H2,1H3,(H,21,22). The van der Waals surface area contributed by atoms with E-state index in [2.05, 4.69) is 76.6 Å². The monoisotopic (exact) mass is 303 g/mol. The number of aromatic nitrogens is 2. The molecule has 3 aromatic rings. The van der Waals surface area contributed by atoms with E-state index in [1.54, 1.807) is 0 Å². The quantitative estimate of drug-likeness (QED) is 0.794. The first-order valence-electron chi connectivity index (χ1n) is 8.19. The Morgan fingerprint density at radius 3 is 2.65 bits per heavy atom. The highest BCUT2D eigenvalue weighted by Crippen LogP contribution is 2.30. The molecule has 1 aliphatic rings. The normalized spacial score (nSPS) is 14.7. The second kappa shape index (κ2) is 6.01. The van der Waals surface area contributed by atoms with Crippen molar-refractivity contribution in [1.82, 2.24) is 15.1 Å². The number of fused-ring (bicyclic) bond motifs is 1. The topological polar surface area (TPSA) is 31.9 Å². The summed E-state index contributed by atoms with van der Waals surface area (Å²) in [6.07, 6.45) is 1.04. The van der Waals surface area contributed by atoms with Gasteiger partial charge in [0.25, 0.3) is 0 Å². The molecule has 1 N–H and O–H groups in total. The zero-order valence-electron chi connectivity index (χ0n) is 13.4. The van der Waals surface area contributed by atoms with Crippen molar-refractivity contribution in [2.45, 2.75) is 26.4 Å². The molecule has 0 spiro atoms. The Morgan fingerprint density at radius 2 is 1.83 bits per heavy atom. The predicted molar refractivity (Wildman–Crippen MR) is 93.0 cm³/mol. The smallest absolute Gasteiger partial charge is 0.0971 e. The molecule has 0 saturated heterocycles. The summed E-state index contributed by atoms with van der Waals surface area (Å²) in [5.74, 6) is 0. The van der Waals surface area contributed by atoms with Crippen LogP contribution in [0, 0.1) is 6.92 Å². The van der Waals surface area contributed by atoms with Gasteiger partial charge in [0.15, 0.2) is 0 Å². The Kier molecular flexibility index (Phi) is 3.72. The third-order valence-corrected chi connectivity index (χ3v) is 4.66. The molecule has 23 heavy (non-hydrogen) atoms. The number of hydrogen-bond acceptors (Lipinski definition) is 2. The molecule has 3 heteroatoms. The summed E-state index contributed by atoms with van der Waals surface area (Å²) in [6.45, 7) is 5.20. The van der Waals surface area contributed by atoms with Gasteiger partial charge < -0.3 is 0 Å². The summed E-state index contributed by atoms with van der Waals surface area (Å²) in [7, 11) is 0. The Morgan fingerprint density at radius 1 is 1.04 bits per heavy atom. The van der Waals surface area contributed by atoms with Crippen LogP contribution in [0.4, 0.5) is 0 Å². The third-order valence-electron chi connectivity index (χ3n) is 4.66. The summed E-state index contributed by atoms with van der Waals surface area (Å²) in [5, 5.41) is 7.88. The number of nitrogens with zero attached hydrogens (tertiary/aromatic N) is 2. The number of rotatable bonds is 3. The lowest BCUT2D eigenvalue weighted by Crippen LogP contribution is -2.30. The number of benzene rings is 2. The van der Waals surface area contributed by atoms with E-state index in [-0.39, 0.29) is 0 Å². The summed E-state index contributed by atoms with van der Waals surface area (Å²) in [5.41, 5.74) is 7.68. The minimum absolute atomic E-state index is 0.963. The SMILES string of the molecule is Cc1ccccc1-c1n[nH]c2c1CN(Cc1ccccc1)CC2. The van der Waals surface area contributed by atoms with Gasteiger partial charge in [-0.2, -0.15) is 5.10 Å². The molecule has 2 heterocycles. The molecule has 0 fully saturated rings. The molecular weight excluding hydrogens is 282 g/mol. The number of nitrogens with one attached hydrogen (secondary N) is 1. The molecule has 1 aliphatic heterocycles. The van der Waals surface area contributed by atoms with E-state index >= 15 is 0 Å². The highest BCUT2D eigenvalue weighted by molar-refractivity contribution is 5.67. The third kappa shape index (κ3) is 2.80. The number of hydrogen-bond donors (Lipinski definition) is 1. The molecule has 0 unspecified atom stereocenters. The predicted octanol–water partition coefficient (Wildman–Crippen LogP) is 3.94. The van der Waals surface area contributed by atoms with Crippen molar-refractivity contribution in [2.75, 3.05) is 6.54 Å². The largest absolute Gasteiger partial charge is 0.294 e. The van der Waals surface area contributed by atoms with E-state index in [9.17, 15) is 0 Å². The maximum atomic E-state index is 4.62. The van der Waals surface area contributed by atoms with Crippen molar-refractivity contribution in [2.24, 2.45) is 0 Å². The molecule has 116 valence electrons. The Bertz CT molecular complexity index is 805. The van der Waals surface area contributed by atoms with E-state index in [0.29, 0.717) is 0 Å². The van der Waals surface area contributed by atoms with Gasteiger partial charge in [-0.1, -0.05) is 54.6 Å². The Hall–Kier alpha value is -2.39. The van der Waals surface area contributed by atoms with E-state index in [1.807, 2.05) is 0 Å². The van der Waals surface area contributed by atoms with Crippen LogP contribution in [0.25, 0.3) is 11.3 Å². The molecule has 0 aliphatic carbocycles. The van der Waals surface area contributed by atoms with E-state index in [4.69, 9.17) is 0 Å². The van der Waals surface area contributed by atoms with Gasteiger partial charge in [-0.25, -0.2) is 0 Å². The van der Waals surface area contributed by atoms with Crippen LogP contribution < -0.4 is 0 Å². The molecule has 0 saturated carbocycles. The van der Waals surface area contributed by atoms with Crippen molar-refractivity contribution in [3.05, 3.63) is 77.0 Å². The molecule has 1 aromatic heterocycles. The fourth-order valence-corrected chi connectivity index (χ4v) is 3.39. The lowest BCUT2D eigenvalue weighted by molar-refractivity contribution is 0.245. The molecule has 0 radical (unpaired) electrons. The van der Waals surface area contributed by atoms with Crippen LogP contribution in [-0.2, 0) is 19.5 Å². The minimum atomic E-state index is 0.963. The van der Waals surface area contributed by atoms with E-state index < -0.39 is 0 Å². The summed E-state index contributed by atoms with van der Waals surface area (Å²) < 4.78 is 0. The van der Waals surface area contributed by atoms with Gasteiger partial charge in [-0.15, -0.1) is 0 Å². The van der Waals surface area contributed by atoms with Gasteiger partial charge in [0, 0.05) is 42.9 Å². The number of H-pyrrole nitrogens is 1. The van der Waals surface area contributed by atoms with Crippen LogP contribution in [0.3, 0.4) is 0 Å². The first-order valence-corrected chi connectivity index (χ1v) is 8.19. The van der Waals surface area contributed by atoms with Crippen LogP contribution in [-0.4, -0.2) is 21.6 Å². The molecule has 0 bridgehead atoms. The molecule has 0 amide bonds. The first kappa shape index (κ1) is 14.2. The highest BCUT2D eigenvalue weighted by atomic mass is 15.2. The lowest BCUT2D eigenvalue weighted by Gasteiger charge is -2.27. The van der Waals surface area contributed by atoms with Gasteiger partial charge in [0.1, 0.15) is 0 Å². The first-order chi connectivity index (χ1) is 11.3. The lowest BCUT2D eigenvalue weighted by atomic mass is 9.98. The molecular formula is C20H21N3. The average Bonchev–Trinajstić information content (AvgIpc) is 2.99. The van der Waals surface area contributed by atoms with Crippen molar-refractivity contribution in [1.29, 1.82) is 0 Å². The van der Waals surface area contributed by atoms with E-state index in [0.717, 1.165) is 31.7 Å². The zero-order valence-corrected chi connectivity index (χ0v) is 13.4. The van der Waals surface area contributed by atoms with Crippen LogP contribution in [0.2, 0.25) is 0 Å². The molecule has 4 rings (SSSR count). The van der Waals surface area contributed by atoms with Crippen molar-refractivity contribution in [3.63, 3.8) is 0 Å². The van der Waals surface area contributed by atoms with Gasteiger partial charge in [0.2, 0.25) is 0 Å². The number of aromatic amines is 1. The van der Waals surface area contributed by atoms with Crippen molar-refractivity contribution >= 4 is 0 Å². The van der Waals surface area contributed by atoms with Crippen LogP contribution >= 0.6 is 0 Å². The van der Waals surface area contributed by atoms with Gasteiger partial charge in [0.05, 0.1) is 5.69 Å². The second-order valence-electron chi connectivity index (χ2n) is 6.29. The second-order valence-corrected chi connectivity index (χ2v) is 6.29. The maximum Gasteiger partial charge on any atom is 0.0971 e. The zero-order chi connectivity index (χ0) is 15.6. The van der Waals surface area contributed by atoms with Gasteiger partial charge in [-0.05, 0) is 18.1 Å². The van der Waals surface area contributed by atoms with Crippen LogP contribution in [0.15, 0.2) is 54.6 Å². The molecule has 2 aromatic carbocycles. The Balaban J connectivity index is 1.62. The summed E-state index contributed by atoms with van der Waals surface area (Å²) >= 11 is 0. The van der Waals surface area contributed by atoms with E-state index in [1.165, 1.54) is 27.9 Å². The van der Waals surface area contributed by atoms with Gasteiger partial charge in [-0.3, -0.25) is 10.00 Å². The van der Waals surface area contributed by atoms with Crippen LogP contribution in [0.1, 0.15) is 22.4 Å². The minimum Gasteiger partial charge on any atom is -0.294 e. The van der Waals surface area contributed by atoms with Crippen molar-refractivity contribution in [3.8, 4) is 11.3 Å². The maximum absolute atomic E-state index is 4.62. The number of aryl methyl sites for hydroxylation is 1. The van der Waals surface area contributed by atoms with Crippen LogP contribution in [0.5, 0.6) is 0 Å². The summed E-state index contributed by atoms with van der Waals surface area (Å²) in [4.78, 5) is 2.51. The molecule has 3 nitrogen and oxygen atoms in total. The fraction of sp³-hybridized carbons (Fsp3) is 0.250. The Labute approximate surface area is 137 Å².